The molecule has 3 aromatic rings. The Hall–Kier alpha value is -2.38. The number of carbonyl (C=O) groups is 1. The van der Waals surface area contributed by atoms with Crippen molar-refractivity contribution >= 4 is 44.8 Å². The van der Waals surface area contributed by atoms with Crippen LogP contribution in [0, 0.1) is 6.92 Å². The van der Waals surface area contributed by atoms with Crippen LogP contribution in [0.2, 0.25) is 10.0 Å². The standard InChI is InChI=1S/C21H18Cl2N2O3S/c1-14-12-19(29(27,28)24-13-15-2-6-17(22)7-3-15)10-11-20(14)25-21(26)16-4-8-18(23)9-5-16/h2-12,24H,13H2,1H3,(H,25,26). The van der Waals surface area contributed by atoms with Gasteiger partial charge in [-0.2, -0.15) is 0 Å². The highest BCUT2D eigenvalue weighted by Gasteiger charge is 2.16. The molecule has 0 radical (unpaired) electrons. The number of benzene rings is 3. The van der Waals surface area contributed by atoms with Crippen molar-refractivity contribution in [1.82, 2.24) is 4.72 Å². The summed E-state index contributed by atoms with van der Waals surface area (Å²) in [5, 5.41) is 3.90. The number of hydrogen-bond acceptors (Lipinski definition) is 3. The van der Waals surface area contributed by atoms with E-state index in [1.807, 2.05) is 0 Å². The highest BCUT2D eigenvalue weighted by atomic mass is 35.5. The molecule has 0 fully saturated rings. The topological polar surface area (TPSA) is 75.3 Å². The van der Waals surface area contributed by atoms with Crippen LogP contribution < -0.4 is 10.0 Å². The summed E-state index contributed by atoms with van der Waals surface area (Å²) in [6, 6.07) is 17.9. The zero-order valence-electron chi connectivity index (χ0n) is 15.4. The van der Waals surface area contributed by atoms with Gasteiger partial charge in [-0.05, 0) is 72.6 Å². The second kappa shape index (κ2) is 8.97. The molecule has 0 saturated carbocycles. The van der Waals surface area contributed by atoms with E-state index in [9.17, 15) is 13.2 Å². The van der Waals surface area contributed by atoms with Gasteiger partial charge in [0.1, 0.15) is 0 Å². The lowest BCUT2D eigenvalue weighted by atomic mass is 10.1. The van der Waals surface area contributed by atoms with Gasteiger partial charge in [0.25, 0.3) is 5.91 Å². The number of rotatable bonds is 6. The number of nitrogens with one attached hydrogen (secondary N) is 2. The second-order valence-corrected chi connectivity index (χ2v) is 9.03. The van der Waals surface area contributed by atoms with Crippen LogP contribution in [-0.4, -0.2) is 14.3 Å². The van der Waals surface area contributed by atoms with Gasteiger partial charge < -0.3 is 5.32 Å². The fraction of sp³-hybridized carbons (Fsp3) is 0.0952. The van der Waals surface area contributed by atoms with E-state index >= 15 is 0 Å². The third-order valence-corrected chi connectivity index (χ3v) is 6.15. The maximum atomic E-state index is 12.6. The summed E-state index contributed by atoms with van der Waals surface area (Å²) < 4.78 is 27.7. The van der Waals surface area contributed by atoms with Gasteiger partial charge in [0.2, 0.25) is 10.0 Å². The Labute approximate surface area is 179 Å². The first-order valence-electron chi connectivity index (χ1n) is 8.66. The quantitative estimate of drug-likeness (QED) is 0.554. The van der Waals surface area contributed by atoms with E-state index in [0.717, 1.165) is 5.56 Å². The molecule has 0 aliphatic carbocycles. The van der Waals surface area contributed by atoms with Gasteiger partial charge in [-0.3, -0.25) is 4.79 Å². The summed E-state index contributed by atoms with van der Waals surface area (Å²) in [6.45, 7) is 1.88. The smallest absolute Gasteiger partial charge is 0.255 e. The fourth-order valence-electron chi connectivity index (χ4n) is 2.60. The molecule has 8 heteroatoms. The van der Waals surface area contributed by atoms with E-state index in [1.165, 1.54) is 12.1 Å². The zero-order valence-corrected chi connectivity index (χ0v) is 17.8. The second-order valence-electron chi connectivity index (χ2n) is 6.39. The highest BCUT2D eigenvalue weighted by molar-refractivity contribution is 7.89. The molecule has 0 unspecified atom stereocenters. The first-order chi connectivity index (χ1) is 13.7. The lowest BCUT2D eigenvalue weighted by Crippen LogP contribution is -2.23. The minimum absolute atomic E-state index is 0.119. The molecule has 0 bridgehead atoms. The van der Waals surface area contributed by atoms with Gasteiger partial charge in [-0.15, -0.1) is 0 Å². The SMILES string of the molecule is Cc1cc(S(=O)(=O)NCc2ccc(Cl)cc2)ccc1NC(=O)c1ccc(Cl)cc1. The summed E-state index contributed by atoms with van der Waals surface area (Å²) >= 11 is 11.7. The monoisotopic (exact) mass is 448 g/mol. The summed E-state index contributed by atoms with van der Waals surface area (Å²) in [4.78, 5) is 12.5. The van der Waals surface area contributed by atoms with Crippen molar-refractivity contribution in [3.8, 4) is 0 Å². The van der Waals surface area contributed by atoms with Crippen molar-refractivity contribution in [2.75, 3.05) is 5.32 Å². The van der Waals surface area contributed by atoms with Crippen LogP contribution in [0.3, 0.4) is 0 Å². The predicted octanol–water partition coefficient (Wildman–Crippen LogP) is 5.03. The number of aryl methyl sites for hydroxylation is 1. The third-order valence-electron chi connectivity index (χ3n) is 4.24. The van der Waals surface area contributed by atoms with Gasteiger partial charge in [-0.25, -0.2) is 13.1 Å². The Kier molecular flexibility index (Phi) is 6.59. The number of anilines is 1. The van der Waals surface area contributed by atoms with Crippen molar-refractivity contribution in [1.29, 1.82) is 0 Å². The number of halogens is 2. The van der Waals surface area contributed by atoms with Gasteiger partial charge in [0, 0.05) is 27.8 Å². The molecule has 0 aliphatic rings. The van der Waals surface area contributed by atoms with Crippen LogP contribution in [0.1, 0.15) is 21.5 Å². The number of carbonyl (C=O) groups excluding carboxylic acids is 1. The summed E-state index contributed by atoms with van der Waals surface area (Å²) in [6.07, 6.45) is 0. The Morgan fingerprint density at radius 2 is 1.48 bits per heavy atom. The molecule has 3 rings (SSSR count). The molecule has 2 N–H and O–H groups in total. The highest BCUT2D eigenvalue weighted by Crippen LogP contribution is 2.21. The van der Waals surface area contributed by atoms with Gasteiger partial charge in [-0.1, -0.05) is 35.3 Å². The third kappa shape index (κ3) is 5.58. The summed E-state index contributed by atoms with van der Waals surface area (Å²) in [5.41, 5.74) is 2.40. The molecular weight excluding hydrogens is 431 g/mol. The summed E-state index contributed by atoms with van der Waals surface area (Å²) in [5.74, 6) is -0.304. The lowest BCUT2D eigenvalue weighted by Gasteiger charge is -2.12. The van der Waals surface area contributed by atoms with E-state index in [-0.39, 0.29) is 17.3 Å². The van der Waals surface area contributed by atoms with E-state index < -0.39 is 10.0 Å². The van der Waals surface area contributed by atoms with E-state index in [4.69, 9.17) is 23.2 Å². The first kappa shape index (κ1) is 21.3. The minimum Gasteiger partial charge on any atom is -0.322 e. The Balaban J connectivity index is 1.71. The molecule has 1 amide bonds. The molecule has 0 atom stereocenters. The largest absolute Gasteiger partial charge is 0.322 e. The minimum atomic E-state index is -3.70. The zero-order chi connectivity index (χ0) is 21.0. The van der Waals surface area contributed by atoms with Crippen molar-refractivity contribution < 1.29 is 13.2 Å². The molecule has 150 valence electrons. The van der Waals surface area contributed by atoms with Crippen LogP contribution in [-0.2, 0) is 16.6 Å². The molecule has 5 nitrogen and oxygen atoms in total. The Morgan fingerprint density at radius 3 is 2.07 bits per heavy atom. The molecule has 0 heterocycles. The van der Waals surface area contributed by atoms with Crippen LogP contribution in [0.4, 0.5) is 5.69 Å². The number of hydrogen-bond donors (Lipinski definition) is 2. The molecular formula is C21H18Cl2N2O3S. The van der Waals surface area contributed by atoms with E-state index in [2.05, 4.69) is 10.0 Å². The molecule has 0 spiro atoms. The Morgan fingerprint density at radius 1 is 0.897 bits per heavy atom. The molecule has 0 aromatic heterocycles. The normalized spacial score (nSPS) is 11.3. The van der Waals surface area contributed by atoms with Crippen LogP contribution in [0.15, 0.2) is 71.6 Å². The predicted molar refractivity (Wildman–Crippen MR) is 116 cm³/mol. The number of amides is 1. The van der Waals surface area contributed by atoms with Crippen LogP contribution in [0.5, 0.6) is 0 Å². The maximum absolute atomic E-state index is 12.6. The average molecular weight is 449 g/mol. The van der Waals surface area contributed by atoms with E-state index in [0.29, 0.717) is 26.9 Å². The lowest BCUT2D eigenvalue weighted by molar-refractivity contribution is 0.102. The fourth-order valence-corrected chi connectivity index (χ4v) is 3.96. The maximum Gasteiger partial charge on any atom is 0.255 e. The average Bonchev–Trinajstić information content (AvgIpc) is 2.69. The molecule has 3 aromatic carbocycles. The van der Waals surface area contributed by atoms with E-state index in [1.54, 1.807) is 61.5 Å². The molecule has 0 aliphatic heterocycles. The molecule has 29 heavy (non-hydrogen) atoms. The van der Waals surface area contributed by atoms with Crippen molar-refractivity contribution in [3.05, 3.63) is 93.5 Å². The van der Waals surface area contributed by atoms with Crippen LogP contribution >= 0.6 is 23.2 Å². The Bertz CT molecular complexity index is 1130. The number of sulfonamides is 1. The molecule has 0 saturated heterocycles. The van der Waals surface area contributed by atoms with Crippen molar-refractivity contribution in [2.24, 2.45) is 0 Å². The van der Waals surface area contributed by atoms with Crippen molar-refractivity contribution in [2.45, 2.75) is 18.4 Å². The van der Waals surface area contributed by atoms with Crippen LogP contribution in [0.25, 0.3) is 0 Å². The van der Waals surface area contributed by atoms with Gasteiger partial charge in [0.15, 0.2) is 0 Å². The van der Waals surface area contributed by atoms with Gasteiger partial charge in [0.05, 0.1) is 4.90 Å². The van der Waals surface area contributed by atoms with Gasteiger partial charge >= 0.3 is 0 Å². The first-order valence-corrected chi connectivity index (χ1v) is 10.9. The van der Waals surface area contributed by atoms with Crippen molar-refractivity contribution in [3.63, 3.8) is 0 Å². The summed E-state index contributed by atoms with van der Waals surface area (Å²) in [7, 11) is -3.70.